The summed E-state index contributed by atoms with van der Waals surface area (Å²) in [4.78, 5) is 38.9. The third-order valence-electron chi connectivity index (χ3n) is 7.29. The summed E-state index contributed by atoms with van der Waals surface area (Å²) in [5.74, 6) is 0.405. The standard InChI is InChI=1S/C21H24N4O5S/c1-20(6-7-20)23-31(29,30)14-4-5-16-15(8-14)17(26)25(19(28)24(16)11-12-2-3-12)22-18(27)21-9-13(21)10-21/h4-5,8,12-13,23H,2-3,6-7,9-11H2,1H3,(H,22,27). The highest BCUT2D eigenvalue weighted by molar-refractivity contribution is 7.89. The molecule has 0 saturated heterocycles. The average molecular weight is 445 g/mol. The van der Waals surface area contributed by atoms with Crippen molar-refractivity contribution < 1.29 is 13.2 Å². The minimum Gasteiger partial charge on any atom is -0.291 e. The Balaban J connectivity index is 1.48. The van der Waals surface area contributed by atoms with Gasteiger partial charge in [0.2, 0.25) is 15.9 Å². The van der Waals surface area contributed by atoms with E-state index in [1.54, 1.807) is 0 Å². The Labute approximate surface area is 178 Å². The van der Waals surface area contributed by atoms with Gasteiger partial charge in [0, 0.05) is 12.1 Å². The predicted molar refractivity (Wildman–Crippen MR) is 113 cm³/mol. The molecule has 2 aromatic rings. The smallest absolute Gasteiger partial charge is 0.291 e. The van der Waals surface area contributed by atoms with Crippen molar-refractivity contribution in [1.29, 1.82) is 0 Å². The van der Waals surface area contributed by atoms with Crippen LogP contribution >= 0.6 is 0 Å². The molecule has 2 N–H and O–H groups in total. The van der Waals surface area contributed by atoms with Crippen LogP contribution in [-0.4, -0.2) is 29.1 Å². The molecule has 10 heteroatoms. The van der Waals surface area contributed by atoms with E-state index in [-0.39, 0.29) is 16.2 Å². The van der Waals surface area contributed by atoms with Crippen LogP contribution in [0.1, 0.15) is 45.4 Å². The lowest BCUT2D eigenvalue weighted by molar-refractivity contribution is -0.120. The first kappa shape index (κ1) is 19.2. The molecule has 1 aromatic carbocycles. The molecule has 0 spiro atoms. The molecule has 31 heavy (non-hydrogen) atoms. The highest BCUT2D eigenvalue weighted by Crippen LogP contribution is 2.75. The second-order valence-electron chi connectivity index (χ2n) is 10.0. The second kappa shape index (κ2) is 5.86. The third kappa shape index (κ3) is 3.07. The number of fused-ring (bicyclic) bond motifs is 2. The molecule has 4 aliphatic carbocycles. The van der Waals surface area contributed by atoms with Crippen LogP contribution in [0.2, 0.25) is 0 Å². The molecule has 0 aliphatic heterocycles. The van der Waals surface area contributed by atoms with Crippen LogP contribution in [0.25, 0.3) is 10.9 Å². The lowest BCUT2D eigenvalue weighted by Crippen LogP contribution is -2.48. The molecule has 1 heterocycles. The molecule has 4 fully saturated rings. The number of amides is 1. The number of nitrogens with zero attached hydrogens (tertiary/aromatic N) is 2. The van der Waals surface area contributed by atoms with Crippen LogP contribution in [0.15, 0.2) is 32.7 Å². The molecule has 4 aliphatic rings. The summed E-state index contributed by atoms with van der Waals surface area (Å²) in [6.45, 7) is 2.27. The van der Waals surface area contributed by atoms with E-state index in [2.05, 4.69) is 10.1 Å². The molecular weight excluding hydrogens is 420 g/mol. The van der Waals surface area contributed by atoms with Gasteiger partial charge in [-0.15, -0.1) is 0 Å². The van der Waals surface area contributed by atoms with Crippen molar-refractivity contribution in [2.24, 2.45) is 17.3 Å². The maximum atomic E-state index is 13.2. The van der Waals surface area contributed by atoms with E-state index in [0.717, 1.165) is 43.2 Å². The molecule has 6 rings (SSSR count). The number of benzene rings is 1. The molecule has 0 unspecified atom stereocenters. The second-order valence-corrected chi connectivity index (χ2v) is 11.7. The minimum atomic E-state index is -3.81. The quantitative estimate of drug-likeness (QED) is 0.657. The molecule has 0 atom stereocenters. The van der Waals surface area contributed by atoms with Gasteiger partial charge in [-0.3, -0.25) is 19.6 Å². The number of carbonyl (C=O) groups excluding carboxylic acids is 1. The van der Waals surface area contributed by atoms with Crippen LogP contribution in [-0.2, 0) is 21.4 Å². The van der Waals surface area contributed by atoms with E-state index in [0.29, 0.717) is 23.9 Å². The SMILES string of the molecule is CC1(NS(=O)(=O)c2ccc3c(c2)c(=O)n(NC(=O)C24CC2C4)c(=O)n3CC2CC2)CC1. The molecule has 1 aromatic heterocycles. The Morgan fingerprint density at radius 1 is 1.19 bits per heavy atom. The number of nitrogens with one attached hydrogen (secondary N) is 2. The largest absolute Gasteiger partial charge is 0.350 e. The van der Waals surface area contributed by atoms with E-state index >= 15 is 0 Å². The van der Waals surface area contributed by atoms with Gasteiger partial charge in [0.1, 0.15) is 0 Å². The Bertz CT molecular complexity index is 1370. The zero-order chi connectivity index (χ0) is 21.8. The summed E-state index contributed by atoms with van der Waals surface area (Å²) in [6, 6.07) is 4.26. The van der Waals surface area contributed by atoms with Gasteiger partial charge in [-0.05, 0) is 75.5 Å². The maximum absolute atomic E-state index is 13.2. The van der Waals surface area contributed by atoms with Crippen molar-refractivity contribution in [3.05, 3.63) is 39.0 Å². The van der Waals surface area contributed by atoms with Crippen molar-refractivity contribution in [1.82, 2.24) is 14.0 Å². The molecule has 4 saturated carbocycles. The summed E-state index contributed by atoms with van der Waals surface area (Å²) in [7, 11) is -3.81. The number of hydrogen-bond donors (Lipinski definition) is 2. The van der Waals surface area contributed by atoms with Crippen molar-refractivity contribution in [2.45, 2.75) is 62.4 Å². The van der Waals surface area contributed by atoms with E-state index in [1.807, 2.05) is 6.92 Å². The fourth-order valence-electron chi connectivity index (χ4n) is 4.31. The van der Waals surface area contributed by atoms with Crippen LogP contribution < -0.4 is 21.4 Å². The van der Waals surface area contributed by atoms with E-state index in [1.165, 1.54) is 22.8 Å². The van der Waals surface area contributed by atoms with Crippen molar-refractivity contribution in [3.63, 3.8) is 0 Å². The van der Waals surface area contributed by atoms with Crippen LogP contribution in [0.5, 0.6) is 0 Å². The van der Waals surface area contributed by atoms with Gasteiger partial charge in [0.05, 0.1) is 21.2 Å². The monoisotopic (exact) mass is 444 g/mol. The Kier molecular flexibility index (Phi) is 3.64. The summed E-state index contributed by atoms with van der Waals surface area (Å²) in [6.07, 6.45) is 5.12. The van der Waals surface area contributed by atoms with Gasteiger partial charge in [0.15, 0.2) is 0 Å². The highest BCUT2D eigenvalue weighted by atomic mass is 32.2. The Morgan fingerprint density at radius 2 is 1.87 bits per heavy atom. The first-order valence-electron chi connectivity index (χ1n) is 10.8. The highest BCUT2D eigenvalue weighted by Gasteiger charge is 2.74. The third-order valence-corrected chi connectivity index (χ3v) is 8.93. The van der Waals surface area contributed by atoms with Gasteiger partial charge in [-0.2, -0.15) is 4.68 Å². The van der Waals surface area contributed by atoms with Crippen molar-refractivity contribution in [3.8, 4) is 0 Å². The molecule has 1 amide bonds. The van der Waals surface area contributed by atoms with E-state index in [9.17, 15) is 22.8 Å². The minimum absolute atomic E-state index is 0.0252. The topological polar surface area (TPSA) is 119 Å². The summed E-state index contributed by atoms with van der Waals surface area (Å²) in [5, 5.41) is 0.102. The Morgan fingerprint density at radius 3 is 2.45 bits per heavy atom. The van der Waals surface area contributed by atoms with Gasteiger partial charge in [0.25, 0.3) is 5.56 Å². The summed E-state index contributed by atoms with van der Waals surface area (Å²) in [5.41, 5.74) is 0.760. The fraction of sp³-hybridized carbons (Fsp3) is 0.571. The van der Waals surface area contributed by atoms with Crippen LogP contribution in [0.4, 0.5) is 0 Å². The van der Waals surface area contributed by atoms with E-state index < -0.39 is 32.2 Å². The number of sulfonamides is 1. The number of rotatable bonds is 7. The molecule has 0 bridgehead atoms. The van der Waals surface area contributed by atoms with Gasteiger partial charge >= 0.3 is 5.69 Å². The summed E-state index contributed by atoms with van der Waals surface area (Å²) < 4.78 is 30.6. The van der Waals surface area contributed by atoms with Gasteiger partial charge in [-0.1, -0.05) is 0 Å². The molecular formula is C21H24N4O5S. The normalized spacial score (nSPS) is 27.6. The maximum Gasteiger partial charge on any atom is 0.350 e. The molecule has 0 radical (unpaired) electrons. The number of hydrogen-bond acceptors (Lipinski definition) is 5. The average Bonchev–Trinajstić information content (AvgIpc) is 3.48. The predicted octanol–water partition coefficient (Wildman–Crippen LogP) is 0.884. The molecule has 9 nitrogen and oxygen atoms in total. The van der Waals surface area contributed by atoms with Gasteiger partial charge < -0.3 is 0 Å². The van der Waals surface area contributed by atoms with Crippen molar-refractivity contribution >= 4 is 26.8 Å². The lowest BCUT2D eigenvalue weighted by atomic mass is 10.2. The zero-order valence-electron chi connectivity index (χ0n) is 17.2. The summed E-state index contributed by atoms with van der Waals surface area (Å²) >= 11 is 0. The van der Waals surface area contributed by atoms with Crippen molar-refractivity contribution in [2.75, 3.05) is 5.43 Å². The zero-order valence-corrected chi connectivity index (χ0v) is 18.0. The first-order valence-corrected chi connectivity index (χ1v) is 12.3. The molecule has 164 valence electrons. The number of aromatic nitrogens is 2. The van der Waals surface area contributed by atoms with Crippen LogP contribution in [0.3, 0.4) is 0 Å². The Hall–Kier alpha value is -2.46. The number of carbonyl (C=O) groups is 1. The van der Waals surface area contributed by atoms with Crippen LogP contribution in [0, 0.1) is 17.3 Å². The van der Waals surface area contributed by atoms with E-state index in [4.69, 9.17) is 0 Å². The first-order chi connectivity index (χ1) is 14.6. The fourth-order valence-corrected chi connectivity index (χ4v) is 5.80. The van der Waals surface area contributed by atoms with Gasteiger partial charge in [-0.25, -0.2) is 17.9 Å². The lowest BCUT2D eigenvalue weighted by Gasteiger charge is -2.16.